The molecule has 0 bridgehead atoms. The fourth-order valence-electron chi connectivity index (χ4n) is 3.43. The van der Waals surface area contributed by atoms with Gasteiger partial charge in [-0.15, -0.1) is 0 Å². The Balaban J connectivity index is 1.70. The summed E-state index contributed by atoms with van der Waals surface area (Å²) in [6.45, 7) is 1.44. The van der Waals surface area contributed by atoms with E-state index in [2.05, 4.69) is 15.6 Å². The molecule has 136 valence electrons. The molecular formula is C17H22ClN3O3S. The number of nitrogens with one attached hydrogen (secondary N) is 3. The van der Waals surface area contributed by atoms with Crippen LogP contribution in [0.1, 0.15) is 18.4 Å². The summed E-state index contributed by atoms with van der Waals surface area (Å²) in [6, 6.07) is 5.61. The predicted molar refractivity (Wildman–Crippen MR) is 99.7 cm³/mol. The van der Waals surface area contributed by atoms with Gasteiger partial charge in [0.15, 0.2) is 14.6 Å². The number of hydrogen-bond acceptors (Lipinski definition) is 4. The van der Waals surface area contributed by atoms with E-state index in [-0.39, 0.29) is 0 Å². The van der Waals surface area contributed by atoms with Gasteiger partial charge >= 0.3 is 0 Å². The number of aromatic amines is 1. The Kier molecular flexibility index (Phi) is 5.09. The second-order valence-corrected chi connectivity index (χ2v) is 9.29. The van der Waals surface area contributed by atoms with Gasteiger partial charge in [0.05, 0.1) is 0 Å². The molecule has 3 rings (SSSR count). The number of hydrogen-bond donors (Lipinski definition) is 3. The predicted octanol–water partition coefficient (Wildman–Crippen LogP) is 1.65. The molecule has 1 fully saturated rings. The summed E-state index contributed by atoms with van der Waals surface area (Å²) < 4.78 is 23.2. The van der Waals surface area contributed by atoms with Gasteiger partial charge in [-0.1, -0.05) is 11.6 Å². The maximum absolute atomic E-state index is 12.7. The number of rotatable bonds is 5. The Hall–Kier alpha value is -1.57. The topological polar surface area (TPSA) is 91.1 Å². The zero-order valence-corrected chi connectivity index (χ0v) is 15.6. The van der Waals surface area contributed by atoms with Crippen LogP contribution in [-0.4, -0.2) is 49.9 Å². The number of piperidine rings is 1. The molecule has 2 heterocycles. The normalized spacial score (nSPS) is 17.5. The number of fused-ring (bicyclic) bond motifs is 1. The molecule has 0 unspecified atom stereocenters. The minimum absolute atomic E-state index is 0.306. The summed E-state index contributed by atoms with van der Waals surface area (Å²) in [5, 5.41) is 7.60. The zero-order valence-electron chi connectivity index (χ0n) is 14.1. The standard InChI is InChI=1S/C17H22ClN3O3S/c1-25(23,24)17(5-8-19-9-6-17)16(22)20-7-4-12-11-21-15-3-2-13(18)10-14(12)15/h2-3,10-11,19,21H,4-9H2,1H3,(H,20,22). The van der Waals surface area contributed by atoms with E-state index < -0.39 is 20.5 Å². The minimum atomic E-state index is -3.49. The van der Waals surface area contributed by atoms with Crippen molar-refractivity contribution in [1.29, 1.82) is 0 Å². The van der Waals surface area contributed by atoms with Crippen LogP contribution in [0.3, 0.4) is 0 Å². The number of carbonyl (C=O) groups is 1. The monoisotopic (exact) mass is 383 g/mol. The van der Waals surface area contributed by atoms with Crippen molar-refractivity contribution in [2.75, 3.05) is 25.9 Å². The van der Waals surface area contributed by atoms with Gasteiger partial charge in [0, 0.05) is 34.9 Å². The molecule has 2 aromatic rings. The van der Waals surface area contributed by atoms with E-state index in [1.165, 1.54) is 0 Å². The molecule has 1 aliphatic heterocycles. The minimum Gasteiger partial charge on any atom is -0.361 e. The average molecular weight is 384 g/mol. The first-order valence-corrected chi connectivity index (χ1v) is 10.5. The molecule has 1 aromatic carbocycles. The van der Waals surface area contributed by atoms with E-state index in [1.54, 1.807) is 0 Å². The van der Waals surface area contributed by atoms with Crippen LogP contribution in [0.5, 0.6) is 0 Å². The molecule has 25 heavy (non-hydrogen) atoms. The van der Waals surface area contributed by atoms with Crippen molar-refractivity contribution in [3.63, 3.8) is 0 Å². The summed E-state index contributed by atoms with van der Waals surface area (Å²) in [5.74, 6) is -0.394. The van der Waals surface area contributed by atoms with Crippen LogP contribution in [0.2, 0.25) is 5.02 Å². The van der Waals surface area contributed by atoms with Gasteiger partial charge in [0.25, 0.3) is 0 Å². The smallest absolute Gasteiger partial charge is 0.241 e. The van der Waals surface area contributed by atoms with Crippen LogP contribution in [-0.2, 0) is 21.1 Å². The van der Waals surface area contributed by atoms with Crippen LogP contribution in [0.25, 0.3) is 10.9 Å². The van der Waals surface area contributed by atoms with Crippen LogP contribution < -0.4 is 10.6 Å². The number of aromatic nitrogens is 1. The molecule has 8 heteroatoms. The molecule has 1 aliphatic rings. The lowest BCUT2D eigenvalue weighted by Crippen LogP contribution is -2.57. The number of amides is 1. The van der Waals surface area contributed by atoms with Gasteiger partial charge in [0.2, 0.25) is 5.91 Å². The second-order valence-electron chi connectivity index (χ2n) is 6.53. The van der Waals surface area contributed by atoms with Gasteiger partial charge in [-0.25, -0.2) is 8.42 Å². The highest BCUT2D eigenvalue weighted by atomic mass is 35.5. The summed E-state index contributed by atoms with van der Waals surface area (Å²) in [5.41, 5.74) is 2.02. The van der Waals surface area contributed by atoms with Gasteiger partial charge in [0.1, 0.15) is 0 Å². The number of halogens is 1. The maximum atomic E-state index is 12.7. The van der Waals surface area contributed by atoms with Gasteiger partial charge in [-0.3, -0.25) is 4.79 Å². The van der Waals surface area contributed by atoms with E-state index in [9.17, 15) is 13.2 Å². The SMILES string of the molecule is CS(=O)(=O)C1(C(=O)NCCc2c[nH]c3ccc(Cl)cc23)CCNCC1. The lowest BCUT2D eigenvalue weighted by molar-refractivity contribution is -0.124. The Morgan fingerprint density at radius 3 is 2.72 bits per heavy atom. The molecule has 0 atom stereocenters. The summed E-state index contributed by atoms with van der Waals surface area (Å²) >= 11 is 6.05. The van der Waals surface area contributed by atoms with E-state index in [0.29, 0.717) is 43.9 Å². The van der Waals surface area contributed by atoms with Crippen LogP contribution in [0.4, 0.5) is 0 Å². The highest BCUT2D eigenvalue weighted by Gasteiger charge is 2.48. The Bertz CT molecular complexity index is 886. The molecular weight excluding hydrogens is 362 g/mol. The molecule has 1 aromatic heterocycles. The van der Waals surface area contributed by atoms with Crippen molar-refractivity contribution in [2.45, 2.75) is 24.0 Å². The van der Waals surface area contributed by atoms with Crippen molar-refractivity contribution < 1.29 is 13.2 Å². The van der Waals surface area contributed by atoms with Crippen LogP contribution in [0, 0.1) is 0 Å². The summed E-state index contributed by atoms with van der Waals surface area (Å²) in [7, 11) is -3.49. The lowest BCUT2D eigenvalue weighted by atomic mass is 9.95. The van der Waals surface area contributed by atoms with E-state index in [0.717, 1.165) is 22.7 Å². The van der Waals surface area contributed by atoms with Crippen molar-refractivity contribution in [3.05, 3.63) is 35.0 Å². The van der Waals surface area contributed by atoms with E-state index >= 15 is 0 Å². The van der Waals surface area contributed by atoms with Crippen molar-refractivity contribution in [1.82, 2.24) is 15.6 Å². The zero-order chi connectivity index (χ0) is 18.1. The quantitative estimate of drug-likeness (QED) is 0.732. The summed E-state index contributed by atoms with van der Waals surface area (Å²) in [6.07, 6.45) is 4.26. The molecule has 0 aliphatic carbocycles. The third-order valence-electron chi connectivity index (χ3n) is 4.94. The van der Waals surface area contributed by atoms with Crippen molar-refractivity contribution in [2.24, 2.45) is 0 Å². The number of sulfone groups is 1. The number of benzene rings is 1. The van der Waals surface area contributed by atoms with Crippen LogP contribution in [0.15, 0.2) is 24.4 Å². The first-order chi connectivity index (χ1) is 11.8. The molecule has 6 nitrogen and oxygen atoms in total. The lowest BCUT2D eigenvalue weighted by Gasteiger charge is -2.34. The number of H-pyrrole nitrogens is 1. The van der Waals surface area contributed by atoms with Crippen molar-refractivity contribution >= 4 is 38.2 Å². The highest BCUT2D eigenvalue weighted by Crippen LogP contribution is 2.28. The van der Waals surface area contributed by atoms with Crippen molar-refractivity contribution in [3.8, 4) is 0 Å². The first-order valence-electron chi connectivity index (χ1n) is 8.28. The van der Waals surface area contributed by atoms with Gasteiger partial charge in [-0.05, 0) is 56.1 Å². The summed E-state index contributed by atoms with van der Waals surface area (Å²) in [4.78, 5) is 15.8. The molecule has 0 saturated carbocycles. The third-order valence-corrected chi connectivity index (χ3v) is 7.19. The first kappa shape index (κ1) is 18.2. The van der Waals surface area contributed by atoms with Crippen LogP contribution >= 0.6 is 11.6 Å². The molecule has 0 spiro atoms. The Morgan fingerprint density at radius 2 is 2.04 bits per heavy atom. The maximum Gasteiger partial charge on any atom is 0.241 e. The molecule has 3 N–H and O–H groups in total. The molecule has 0 radical (unpaired) electrons. The van der Waals surface area contributed by atoms with E-state index in [1.807, 2.05) is 24.4 Å². The van der Waals surface area contributed by atoms with Gasteiger partial charge < -0.3 is 15.6 Å². The fourth-order valence-corrected chi connectivity index (χ4v) is 4.95. The number of carbonyl (C=O) groups excluding carboxylic acids is 1. The Morgan fingerprint density at radius 1 is 1.32 bits per heavy atom. The third kappa shape index (κ3) is 3.54. The van der Waals surface area contributed by atoms with E-state index in [4.69, 9.17) is 11.6 Å². The van der Waals surface area contributed by atoms with Gasteiger partial charge in [-0.2, -0.15) is 0 Å². The average Bonchev–Trinajstić information content (AvgIpc) is 2.96. The largest absolute Gasteiger partial charge is 0.361 e. The Labute approximate surface area is 152 Å². The molecule has 1 amide bonds. The fraction of sp³-hybridized carbons (Fsp3) is 0.471. The second kappa shape index (κ2) is 6.97. The molecule has 1 saturated heterocycles. The highest BCUT2D eigenvalue weighted by molar-refractivity contribution is 7.92.